The average Bonchev–Trinajstić information content (AvgIpc) is 2.69. The second-order valence-corrected chi connectivity index (χ2v) is 9.14. The number of hydrogen-bond acceptors (Lipinski definition) is 4. The van der Waals surface area contributed by atoms with Gasteiger partial charge in [0.05, 0.1) is 17.7 Å². The maximum Gasteiger partial charge on any atom is 0.243 e. The van der Waals surface area contributed by atoms with Crippen molar-refractivity contribution in [2.45, 2.75) is 36.6 Å². The fourth-order valence-corrected chi connectivity index (χ4v) is 5.29. The van der Waals surface area contributed by atoms with Crippen molar-refractivity contribution < 1.29 is 22.3 Å². The van der Waals surface area contributed by atoms with Gasteiger partial charge in [0.2, 0.25) is 15.9 Å². The van der Waals surface area contributed by atoms with E-state index in [2.05, 4.69) is 5.32 Å². The van der Waals surface area contributed by atoms with Crippen molar-refractivity contribution in [2.24, 2.45) is 0 Å². The molecule has 6 nitrogen and oxygen atoms in total. The molecule has 1 N–H and O–H groups in total. The van der Waals surface area contributed by atoms with E-state index >= 15 is 0 Å². The van der Waals surface area contributed by atoms with Crippen LogP contribution in [0.1, 0.15) is 25.7 Å². The number of ether oxygens (including phenoxy) is 1. The van der Waals surface area contributed by atoms with Gasteiger partial charge in [-0.2, -0.15) is 4.31 Å². The van der Waals surface area contributed by atoms with Crippen molar-refractivity contribution in [1.29, 1.82) is 0 Å². The van der Waals surface area contributed by atoms with Crippen molar-refractivity contribution in [3.05, 3.63) is 53.3 Å². The van der Waals surface area contributed by atoms with Gasteiger partial charge in [0.25, 0.3) is 0 Å². The Morgan fingerprint density at radius 2 is 1.97 bits per heavy atom. The summed E-state index contributed by atoms with van der Waals surface area (Å²) in [5.41, 5.74) is 0.425. The van der Waals surface area contributed by atoms with Gasteiger partial charge in [-0.3, -0.25) is 4.79 Å². The molecule has 2 aromatic carbocycles. The molecule has 1 aliphatic heterocycles. The normalized spacial score (nSPS) is 17.7. The Kier molecular flexibility index (Phi) is 6.77. The summed E-state index contributed by atoms with van der Waals surface area (Å²) >= 11 is 5.99. The average molecular weight is 441 g/mol. The van der Waals surface area contributed by atoms with Gasteiger partial charge in [0.1, 0.15) is 11.6 Å². The summed E-state index contributed by atoms with van der Waals surface area (Å²) in [6.45, 7) is 0.318. The number of rotatable bonds is 6. The van der Waals surface area contributed by atoms with Crippen LogP contribution in [0.15, 0.2) is 47.4 Å². The number of piperidine rings is 1. The van der Waals surface area contributed by atoms with Crippen molar-refractivity contribution in [2.75, 3.05) is 19.0 Å². The third kappa shape index (κ3) is 5.07. The van der Waals surface area contributed by atoms with Crippen LogP contribution < -0.4 is 10.1 Å². The van der Waals surface area contributed by atoms with Crippen LogP contribution in [0.3, 0.4) is 0 Å². The van der Waals surface area contributed by atoms with E-state index in [1.54, 1.807) is 18.2 Å². The highest BCUT2D eigenvalue weighted by Crippen LogP contribution is 2.30. The Morgan fingerprint density at radius 3 is 2.66 bits per heavy atom. The van der Waals surface area contributed by atoms with E-state index in [1.165, 1.54) is 23.5 Å². The summed E-state index contributed by atoms with van der Waals surface area (Å²) in [6.07, 6.45) is 2.10. The summed E-state index contributed by atoms with van der Waals surface area (Å²) in [5.74, 6) is -0.382. The molecule has 2 aromatic rings. The molecule has 1 saturated heterocycles. The minimum atomic E-state index is -3.83. The third-order valence-electron chi connectivity index (χ3n) is 4.85. The first kappa shape index (κ1) is 21.5. The Hall–Kier alpha value is -2.16. The molecule has 1 heterocycles. The number of methoxy groups -OCH3 is 1. The molecular weight excluding hydrogens is 419 g/mol. The first-order valence-corrected chi connectivity index (χ1v) is 11.0. The lowest BCUT2D eigenvalue weighted by atomic mass is 10.0. The maximum atomic E-state index is 13.2. The summed E-state index contributed by atoms with van der Waals surface area (Å²) in [4.78, 5) is 12.6. The first-order valence-electron chi connectivity index (χ1n) is 9.22. The number of hydrogen-bond donors (Lipinski definition) is 1. The van der Waals surface area contributed by atoms with E-state index in [4.69, 9.17) is 16.3 Å². The fraction of sp³-hybridized carbons (Fsp3) is 0.350. The number of carbonyl (C=O) groups is 1. The number of halogens is 2. The van der Waals surface area contributed by atoms with E-state index < -0.39 is 21.9 Å². The van der Waals surface area contributed by atoms with Gasteiger partial charge in [-0.05, 0) is 55.3 Å². The van der Waals surface area contributed by atoms with Crippen molar-refractivity contribution in [3.63, 3.8) is 0 Å². The Morgan fingerprint density at radius 1 is 1.24 bits per heavy atom. The zero-order valence-electron chi connectivity index (χ0n) is 15.9. The predicted octanol–water partition coefficient (Wildman–Crippen LogP) is 4.06. The van der Waals surface area contributed by atoms with Crippen molar-refractivity contribution >= 4 is 33.2 Å². The van der Waals surface area contributed by atoms with Crippen molar-refractivity contribution in [3.8, 4) is 5.75 Å². The minimum absolute atomic E-state index is 0.00388. The van der Waals surface area contributed by atoms with Gasteiger partial charge < -0.3 is 10.1 Å². The van der Waals surface area contributed by atoms with Crippen LogP contribution >= 0.6 is 11.6 Å². The predicted molar refractivity (Wildman–Crippen MR) is 109 cm³/mol. The number of carbonyl (C=O) groups excluding carboxylic acids is 1. The Balaban J connectivity index is 1.77. The number of anilines is 1. The topological polar surface area (TPSA) is 75.7 Å². The summed E-state index contributed by atoms with van der Waals surface area (Å²) < 4.78 is 45.8. The van der Waals surface area contributed by atoms with Crippen molar-refractivity contribution in [1.82, 2.24) is 4.31 Å². The largest absolute Gasteiger partial charge is 0.495 e. The van der Waals surface area contributed by atoms with Crippen LogP contribution in [0.2, 0.25) is 5.02 Å². The lowest BCUT2D eigenvalue weighted by Gasteiger charge is -2.34. The standard InChI is InChI=1S/C20H22ClFN2O4S/c1-28-19-10-5-14(21)12-18(19)23-20(25)13-16-4-2-3-11-24(16)29(26,27)17-8-6-15(22)7-9-17/h5-10,12,16H,2-4,11,13H2,1H3,(H,23,25)/t16-/m1/s1. The molecule has 0 aromatic heterocycles. The SMILES string of the molecule is COc1ccc(Cl)cc1NC(=O)C[C@H]1CCCCN1S(=O)(=O)c1ccc(F)cc1. The number of nitrogens with one attached hydrogen (secondary N) is 1. The highest BCUT2D eigenvalue weighted by atomic mass is 35.5. The molecule has 0 aliphatic carbocycles. The molecule has 1 aliphatic rings. The van der Waals surface area contributed by atoms with Gasteiger partial charge in [-0.1, -0.05) is 18.0 Å². The maximum absolute atomic E-state index is 13.2. The molecule has 156 valence electrons. The monoisotopic (exact) mass is 440 g/mol. The van der Waals surface area contributed by atoms with E-state index in [0.29, 0.717) is 35.8 Å². The van der Waals surface area contributed by atoms with Gasteiger partial charge in [-0.25, -0.2) is 12.8 Å². The minimum Gasteiger partial charge on any atom is -0.495 e. The number of amides is 1. The van der Waals surface area contributed by atoms with Crippen LogP contribution in [0, 0.1) is 5.82 Å². The molecular formula is C20H22ClFN2O4S. The molecule has 1 fully saturated rings. The van der Waals surface area contributed by atoms with Crippen LogP contribution in [-0.4, -0.2) is 38.3 Å². The molecule has 0 bridgehead atoms. The van der Waals surface area contributed by atoms with Crippen LogP contribution in [-0.2, 0) is 14.8 Å². The second-order valence-electron chi connectivity index (χ2n) is 6.82. The molecule has 1 amide bonds. The zero-order valence-corrected chi connectivity index (χ0v) is 17.5. The molecule has 9 heteroatoms. The van der Waals surface area contributed by atoms with Crippen LogP contribution in [0.25, 0.3) is 0 Å². The second kappa shape index (κ2) is 9.11. The molecule has 29 heavy (non-hydrogen) atoms. The van der Waals surface area contributed by atoms with Gasteiger partial charge >= 0.3 is 0 Å². The molecule has 0 unspecified atom stereocenters. The molecule has 3 rings (SSSR count). The summed E-state index contributed by atoms with van der Waals surface area (Å²) in [6, 6.07) is 9.10. The third-order valence-corrected chi connectivity index (χ3v) is 7.05. The molecule has 0 spiro atoms. The highest BCUT2D eigenvalue weighted by molar-refractivity contribution is 7.89. The van der Waals surface area contributed by atoms with Gasteiger partial charge in [0.15, 0.2) is 0 Å². The Labute approximate surface area is 174 Å². The van der Waals surface area contributed by atoms with E-state index in [0.717, 1.165) is 18.6 Å². The quantitative estimate of drug-likeness (QED) is 0.735. The van der Waals surface area contributed by atoms with E-state index in [1.807, 2.05) is 0 Å². The number of sulfonamides is 1. The van der Waals surface area contributed by atoms with E-state index in [-0.39, 0.29) is 17.2 Å². The van der Waals surface area contributed by atoms with Crippen LogP contribution in [0.4, 0.5) is 10.1 Å². The Bertz CT molecular complexity index is 982. The molecule has 1 atom stereocenters. The first-order chi connectivity index (χ1) is 13.8. The summed E-state index contributed by atoms with van der Waals surface area (Å²) in [7, 11) is -2.34. The fourth-order valence-electron chi connectivity index (χ4n) is 3.43. The van der Waals surface area contributed by atoms with Crippen LogP contribution in [0.5, 0.6) is 5.75 Å². The molecule has 0 radical (unpaired) electrons. The number of nitrogens with zero attached hydrogens (tertiary/aromatic N) is 1. The number of benzene rings is 2. The highest BCUT2D eigenvalue weighted by Gasteiger charge is 2.34. The molecule has 0 saturated carbocycles. The summed E-state index contributed by atoms with van der Waals surface area (Å²) in [5, 5.41) is 3.19. The van der Waals surface area contributed by atoms with Gasteiger partial charge in [0, 0.05) is 24.0 Å². The smallest absolute Gasteiger partial charge is 0.243 e. The van der Waals surface area contributed by atoms with E-state index in [9.17, 15) is 17.6 Å². The zero-order chi connectivity index (χ0) is 21.0. The van der Waals surface area contributed by atoms with Gasteiger partial charge in [-0.15, -0.1) is 0 Å². The lowest BCUT2D eigenvalue weighted by molar-refractivity contribution is -0.117. The lowest BCUT2D eigenvalue weighted by Crippen LogP contribution is -2.45.